The Balaban J connectivity index is 2.23. The summed E-state index contributed by atoms with van der Waals surface area (Å²) in [5.74, 6) is 0.0832. The number of ether oxygens (including phenoxy) is 1. The minimum absolute atomic E-state index is 0.0832. The molecule has 0 amide bonds. The maximum Gasteiger partial charge on any atom is 0.149 e. The molecule has 0 unspecified atom stereocenters. The summed E-state index contributed by atoms with van der Waals surface area (Å²) in [6.07, 6.45) is 1.21. The van der Waals surface area contributed by atoms with Gasteiger partial charge in [0, 0.05) is 6.26 Å². The molecule has 0 atom stereocenters. The Morgan fingerprint density at radius 3 is 2.43 bits per heavy atom. The second-order valence-electron chi connectivity index (χ2n) is 3.17. The van der Waals surface area contributed by atoms with E-state index in [0.717, 1.165) is 5.56 Å². The number of sulfone groups is 1. The Morgan fingerprint density at radius 2 is 1.86 bits per heavy atom. The van der Waals surface area contributed by atoms with Crippen LogP contribution in [-0.4, -0.2) is 27.0 Å². The van der Waals surface area contributed by atoms with Crippen LogP contribution in [0.5, 0.6) is 0 Å². The van der Waals surface area contributed by atoms with Gasteiger partial charge in [-0.25, -0.2) is 8.42 Å². The molecule has 0 saturated carbocycles. The third-order valence-corrected chi connectivity index (χ3v) is 2.62. The van der Waals surface area contributed by atoms with Crippen molar-refractivity contribution in [3.8, 4) is 0 Å². The van der Waals surface area contributed by atoms with Crippen molar-refractivity contribution >= 4 is 9.84 Å². The SMILES string of the molecule is CS(=O)(=O)CCOCc1ccccc1. The van der Waals surface area contributed by atoms with Gasteiger partial charge in [-0.2, -0.15) is 0 Å². The molecule has 0 aliphatic carbocycles. The number of hydrogen-bond acceptors (Lipinski definition) is 3. The van der Waals surface area contributed by atoms with Gasteiger partial charge >= 0.3 is 0 Å². The molecule has 1 aromatic carbocycles. The highest BCUT2D eigenvalue weighted by Gasteiger charge is 2.01. The molecule has 0 aliphatic heterocycles. The van der Waals surface area contributed by atoms with Crippen LogP contribution in [0.15, 0.2) is 30.3 Å². The monoisotopic (exact) mass is 214 g/mol. The molecule has 4 heteroatoms. The second kappa shape index (κ2) is 5.12. The predicted molar refractivity (Wildman–Crippen MR) is 55.8 cm³/mol. The lowest BCUT2D eigenvalue weighted by molar-refractivity contribution is 0.135. The van der Waals surface area contributed by atoms with Crippen molar-refractivity contribution in [3.05, 3.63) is 35.9 Å². The van der Waals surface area contributed by atoms with Gasteiger partial charge in [-0.1, -0.05) is 30.3 Å². The average Bonchev–Trinajstić information content (AvgIpc) is 2.13. The van der Waals surface area contributed by atoms with Gasteiger partial charge in [0.2, 0.25) is 0 Å². The molecule has 0 fully saturated rings. The highest BCUT2D eigenvalue weighted by Crippen LogP contribution is 2.00. The summed E-state index contributed by atoms with van der Waals surface area (Å²) in [6.45, 7) is 0.726. The quantitative estimate of drug-likeness (QED) is 0.693. The van der Waals surface area contributed by atoms with Crippen LogP contribution in [0, 0.1) is 0 Å². The van der Waals surface area contributed by atoms with Crippen LogP contribution in [0.1, 0.15) is 5.56 Å². The molecule has 3 nitrogen and oxygen atoms in total. The van der Waals surface area contributed by atoms with E-state index in [1.807, 2.05) is 30.3 Å². The Kier molecular flexibility index (Phi) is 4.10. The van der Waals surface area contributed by atoms with Crippen LogP contribution in [0.3, 0.4) is 0 Å². The molecular weight excluding hydrogens is 200 g/mol. The van der Waals surface area contributed by atoms with Crippen LogP contribution in [0.4, 0.5) is 0 Å². The highest BCUT2D eigenvalue weighted by atomic mass is 32.2. The first kappa shape index (κ1) is 11.2. The maximum atomic E-state index is 10.8. The van der Waals surface area contributed by atoms with E-state index in [1.54, 1.807) is 0 Å². The van der Waals surface area contributed by atoms with E-state index in [1.165, 1.54) is 6.26 Å². The van der Waals surface area contributed by atoms with Gasteiger partial charge < -0.3 is 4.74 Å². The Labute approximate surface area is 84.6 Å². The molecule has 0 aliphatic rings. The van der Waals surface area contributed by atoms with E-state index in [0.29, 0.717) is 6.61 Å². The first-order valence-electron chi connectivity index (χ1n) is 4.37. The summed E-state index contributed by atoms with van der Waals surface area (Å²) in [4.78, 5) is 0. The number of benzene rings is 1. The van der Waals surface area contributed by atoms with E-state index in [-0.39, 0.29) is 12.4 Å². The Hall–Kier alpha value is -0.870. The van der Waals surface area contributed by atoms with Crippen molar-refractivity contribution in [2.24, 2.45) is 0 Å². The fraction of sp³-hybridized carbons (Fsp3) is 0.400. The van der Waals surface area contributed by atoms with Crippen LogP contribution in [0.2, 0.25) is 0 Å². The first-order chi connectivity index (χ1) is 6.58. The van der Waals surface area contributed by atoms with Gasteiger partial charge in [0.1, 0.15) is 9.84 Å². The highest BCUT2D eigenvalue weighted by molar-refractivity contribution is 7.90. The zero-order valence-electron chi connectivity index (χ0n) is 8.14. The molecule has 78 valence electrons. The van der Waals surface area contributed by atoms with Crippen molar-refractivity contribution in [3.63, 3.8) is 0 Å². The lowest BCUT2D eigenvalue weighted by Gasteiger charge is -2.02. The fourth-order valence-corrected chi connectivity index (χ4v) is 1.40. The number of rotatable bonds is 5. The lowest BCUT2D eigenvalue weighted by Crippen LogP contribution is -2.09. The molecular formula is C10H14O3S. The average molecular weight is 214 g/mol. The van der Waals surface area contributed by atoms with Gasteiger partial charge in [0.05, 0.1) is 19.0 Å². The van der Waals surface area contributed by atoms with Gasteiger partial charge in [-0.15, -0.1) is 0 Å². The van der Waals surface area contributed by atoms with E-state index in [9.17, 15) is 8.42 Å². The molecule has 0 bridgehead atoms. The molecule has 14 heavy (non-hydrogen) atoms. The van der Waals surface area contributed by atoms with Gasteiger partial charge in [0.25, 0.3) is 0 Å². The third kappa shape index (κ3) is 4.99. The summed E-state index contributed by atoms with van der Waals surface area (Å²) in [5, 5.41) is 0. The van der Waals surface area contributed by atoms with Crippen molar-refractivity contribution < 1.29 is 13.2 Å². The third-order valence-electron chi connectivity index (χ3n) is 1.71. The zero-order chi connectivity index (χ0) is 10.4. The van der Waals surface area contributed by atoms with E-state index >= 15 is 0 Å². The van der Waals surface area contributed by atoms with E-state index < -0.39 is 9.84 Å². The maximum absolute atomic E-state index is 10.8. The van der Waals surface area contributed by atoms with Crippen LogP contribution in [-0.2, 0) is 21.2 Å². The summed E-state index contributed by atoms with van der Waals surface area (Å²) in [7, 11) is -2.90. The molecule has 0 heterocycles. The molecule has 0 saturated heterocycles. The molecule has 0 aromatic heterocycles. The summed E-state index contributed by atoms with van der Waals surface area (Å²) in [5.41, 5.74) is 1.06. The molecule has 0 radical (unpaired) electrons. The van der Waals surface area contributed by atoms with Crippen molar-refractivity contribution in [1.82, 2.24) is 0 Å². The predicted octanol–water partition coefficient (Wildman–Crippen LogP) is 1.25. The van der Waals surface area contributed by atoms with Crippen LogP contribution < -0.4 is 0 Å². The van der Waals surface area contributed by atoms with Crippen molar-refractivity contribution in [2.75, 3.05) is 18.6 Å². The minimum Gasteiger partial charge on any atom is -0.376 e. The van der Waals surface area contributed by atoms with Crippen molar-refractivity contribution in [2.45, 2.75) is 6.61 Å². The largest absolute Gasteiger partial charge is 0.376 e. The van der Waals surface area contributed by atoms with E-state index in [4.69, 9.17) is 4.74 Å². The summed E-state index contributed by atoms with van der Waals surface area (Å²) < 4.78 is 26.7. The zero-order valence-corrected chi connectivity index (χ0v) is 8.96. The summed E-state index contributed by atoms with van der Waals surface area (Å²) in [6, 6.07) is 9.67. The minimum atomic E-state index is -2.90. The smallest absolute Gasteiger partial charge is 0.149 e. The summed E-state index contributed by atoms with van der Waals surface area (Å²) >= 11 is 0. The number of hydrogen-bond donors (Lipinski definition) is 0. The molecule has 0 spiro atoms. The van der Waals surface area contributed by atoms with Gasteiger partial charge in [0.15, 0.2) is 0 Å². The van der Waals surface area contributed by atoms with Gasteiger partial charge in [-0.05, 0) is 5.56 Å². The van der Waals surface area contributed by atoms with Crippen LogP contribution in [0.25, 0.3) is 0 Å². The van der Waals surface area contributed by atoms with Crippen molar-refractivity contribution in [1.29, 1.82) is 0 Å². The fourth-order valence-electron chi connectivity index (χ4n) is 0.975. The van der Waals surface area contributed by atoms with Gasteiger partial charge in [-0.3, -0.25) is 0 Å². The second-order valence-corrected chi connectivity index (χ2v) is 5.43. The standard InChI is InChI=1S/C10H14O3S/c1-14(11,12)8-7-13-9-10-5-3-2-4-6-10/h2-6H,7-9H2,1H3. The normalized spacial score (nSPS) is 11.5. The Morgan fingerprint density at radius 1 is 1.21 bits per heavy atom. The van der Waals surface area contributed by atoms with E-state index in [2.05, 4.69) is 0 Å². The molecule has 1 rings (SSSR count). The molecule has 0 N–H and O–H groups in total. The Bertz CT molecular complexity index is 356. The lowest BCUT2D eigenvalue weighted by atomic mass is 10.2. The first-order valence-corrected chi connectivity index (χ1v) is 6.43. The van der Waals surface area contributed by atoms with Crippen LogP contribution >= 0.6 is 0 Å². The topological polar surface area (TPSA) is 43.4 Å². The molecule has 1 aromatic rings.